The van der Waals surface area contributed by atoms with Crippen molar-refractivity contribution in [3.05, 3.63) is 24.3 Å². The topological polar surface area (TPSA) is 90.6 Å². The maximum absolute atomic E-state index is 11.8. The van der Waals surface area contributed by atoms with Crippen LogP contribution in [0, 0.1) is 0 Å². The summed E-state index contributed by atoms with van der Waals surface area (Å²) >= 11 is 0. The molecule has 110 valence electrons. The molecule has 6 nitrogen and oxygen atoms in total. The van der Waals surface area contributed by atoms with Gasteiger partial charge in [-0.3, -0.25) is 0 Å². The number of nitrogens with two attached hydrogens (primary N) is 1. The Kier molecular flexibility index (Phi) is 4.96. The first-order chi connectivity index (χ1) is 9.17. The van der Waals surface area contributed by atoms with Crippen molar-refractivity contribution in [3.8, 4) is 5.75 Å². The highest BCUT2D eigenvalue weighted by molar-refractivity contribution is 5.82. The van der Waals surface area contributed by atoms with Gasteiger partial charge in [-0.1, -0.05) is 0 Å². The predicted octanol–water partition coefficient (Wildman–Crippen LogP) is 2.09. The van der Waals surface area contributed by atoms with E-state index in [0.29, 0.717) is 11.4 Å². The molecule has 0 unspecified atom stereocenters. The van der Waals surface area contributed by atoms with Crippen LogP contribution in [0.1, 0.15) is 27.7 Å². The van der Waals surface area contributed by atoms with Gasteiger partial charge in [-0.15, -0.1) is 0 Å². The van der Waals surface area contributed by atoms with Crippen LogP contribution in [0.2, 0.25) is 0 Å². The van der Waals surface area contributed by atoms with Gasteiger partial charge in [0.15, 0.2) is 0 Å². The number of esters is 1. The number of carbonyl (C=O) groups is 2. The van der Waals surface area contributed by atoms with Gasteiger partial charge in [-0.2, -0.15) is 0 Å². The average molecular weight is 280 g/mol. The minimum atomic E-state index is -0.817. The van der Waals surface area contributed by atoms with Gasteiger partial charge in [0.05, 0.1) is 0 Å². The lowest BCUT2D eigenvalue weighted by atomic mass is 10.2. The van der Waals surface area contributed by atoms with Crippen LogP contribution in [0.3, 0.4) is 0 Å². The lowest BCUT2D eigenvalue weighted by Crippen LogP contribution is -2.43. The predicted molar refractivity (Wildman–Crippen MR) is 75.3 cm³/mol. The second-order valence-electron chi connectivity index (χ2n) is 5.36. The molecule has 1 aromatic rings. The van der Waals surface area contributed by atoms with Crippen LogP contribution in [0.4, 0.5) is 10.5 Å². The van der Waals surface area contributed by atoms with Crippen LogP contribution < -0.4 is 15.8 Å². The molecule has 1 aromatic carbocycles. The molecule has 1 atom stereocenters. The summed E-state index contributed by atoms with van der Waals surface area (Å²) in [6.07, 6.45) is -0.667. The summed E-state index contributed by atoms with van der Waals surface area (Å²) in [5.74, 6) is -0.220. The zero-order valence-electron chi connectivity index (χ0n) is 12.1. The van der Waals surface area contributed by atoms with E-state index in [1.807, 2.05) is 0 Å². The zero-order valence-corrected chi connectivity index (χ0v) is 12.1. The van der Waals surface area contributed by atoms with Gasteiger partial charge in [-0.25, -0.2) is 9.59 Å². The zero-order chi connectivity index (χ0) is 15.3. The fourth-order valence-electron chi connectivity index (χ4n) is 1.28. The SMILES string of the molecule is C[C@H](NC(=O)OC(C)(C)C)C(=O)Oc1ccc(N)cc1. The lowest BCUT2D eigenvalue weighted by Gasteiger charge is -2.21. The summed E-state index contributed by atoms with van der Waals surface area (Å²) in [4.78, 5) is 23.3. The number of amides is 1. The molecule has 1 rings (SSSR count). The first kappa shape index (κ1) is 15.8. The second-order valence-corrected chi connectivity index (χ2v) is 5.36. The van der Waals surface area contributed by atoms with Gasteiger partial charge in [0, 0.05) is 5.69 Å². The highest BCUT2D eigenvalue weighted by Gasteiger charge is 2.22. The van der Waals surface area contributed by atoms with Crippen molar-refractivity contribution in [2.24, 2.45) is 0 Å². The number of carbonyl (C=O) groups excluding carboxylic acids is 2. The van der Waals surface area contributed by atoms with Gasteiger partial charge in [0.25, 0.3) is 0 Å². The van der Waals surface area contributed by atoms with E-state index in [0.717, 1.165) is 0 Å². The molecule has 0 aliphatic rings. The molecular formula is C14H20N2O4. The molecule has 0 radical (unpaired) electrons. The Morgan fingerprint density at radius 2 is 1.75 bits per heavy atom. The van der Waals surface area contributed by atoms with Gasteiger partial charge in [0.1, 0.15) is 17.4 Å². The van der Waals surface area contributed by atoms with Crippen LogP contribution in [0.25, 0.3) is 0 Å². The molecule has 3 N–H and O–H groups in total. The van der Waals surface area contributed by atoms with E-state index in [1.165, 1.54) is 6.92 Å². The number of anilines is 1. The molecule has 0 saturated heterocycles. The summed E-state index contributed by atoms with van der Waals surface area (Å²) in [6.45, 7) is 6.74. The van der Waals surface area contributed by atoms with Gasteiger partial charge in [0.2, 0.25) is 0 Å². The summed E-state index contributed by atoms with van der Waals surface area (Å²) in [7, 11) is 0. The highest BCUT2D eigenvalue weighted by Crippen LogP contribution is 2.14. The number of ether oxygens (including phenoxy) is 2. The Labute approximate surface area is 118 Å². The molecule has 1 amide bonds. The fraction of sp³-hybridized carbons (Fsp3) is 0.429. The van der Waals surface area contributed by atoms with Crippen molar-refractivity contribution in [3.63, 3.8) is 0 Å². The standard InChI is InChI=1S/C14H20N2O4/c1-9(16-13(18)20-14(2,3)4)12(17)19-11-7-5-10(15)6-8-11/h5-9H,15H2,1-4H3,(H,16,18)/t9-/m0/s1. The monoisotopic (exact) mass is 280 g/mol. The lowest BCUT2D eigenvalue weighted by molar-refractivity contribution is -0.136. The van der Waals surface area contributed by atoms with Crippen LogP contribution in [-0.2, 0) is 9.53 Å². The first-order valence-electron chi connectivity index (χ1n) is 6.24. The van der Waals surface area contributed by atoms with Gasteiger partial charge in [-0.05, 0) is 52.0 Å². The maximum Gasteiger partial charge on any atom is 0.408 e. The Hall–Kier alpha value is -2.24. The van der Waals surface area contributed by atoms with Crippen molar-refractivity contribution in [2.45, 2.75) is 39.3 Å². The summed E-state index contributed by atoms with van der Waals surface area (Å²) < 4.78 is 10.1. The molecule has 0 aliphatic heterocycles. The Morgan fingerprint density at radius 3 is 2.25 bits per heavy atom. The van der Waals surface area contributed by atoms with Crippen molar-refractivity contribution >= 4 is 17.7 Å². The molecule has 0 heterocycles. The molecule has 0 fully saturated rings. The van der Waals surface area contributed by atoms with E-state index in [4.69, 9.17) is 15.2 Å². The summed E-state index contributed by atoms with van der Waals surface area (Å²) in [6, 6.07) is 5.58. The minimum Gasteiger partial charge on any atom is -0.444 e. The quantitative estimate of drug-likeness (QED) is 0.502. The van der Waals surface area contributed by atoms with E-state index in [-0.39, 0.29) is 0 Å². The number of rotatable bonds is 3. The van der Waals surface area contributed by atoms with Crippen LogP contribution >= 0.6 is 0 Å². The van der Waals surface area contributed by atoms with E-state index in [1.54, 1.807) is 45.0 Å². The smallest absolute Gasteiger partial charge is 0.408 e. The molecule has 6 heteroatoms. The number of hydrogen-bond acceptors (Lipinski definition) is 5. The Bertz CT molecular complexity index is 477. The largest absolute Gasteiger partial charge is 0.444 e. The number of benzene rings is 1. The van der Waals surface area contributed by atoms with Crippen molar-refractivity contribution in [1.29, 1.82) is 0 Å². The third-order valence-corrected chi connectivity index (χ3v) is 2.19. The summed E-state index contributed by atoms with van der Waals surface area (Å²) in [5, 5.41) is 2.41. The van der Waals surface area contributed by atoms with Crippen molar-refractivity contribution in [1.82, 2.24) is 5.32 Å². The fourth-order valence-corrected chi connectivity index (χ4v) is 1.28. The van der Waals surface area contributed by atoms with E-state index in [9.17, 15) is 9.59 Å². The normalized spacial score (nSPS) is 12.4. The molecular weight excluding hydrogens is 260 g/mol. The minimum absolute atomic E-state index is 0.363. The van der Waals surface area contributed by atoms with Crippen LogP contribution in [0.15, 0.2) is 24.3 Å². The van der Waals surface area contributed by atoms with Crippen molar-refractivity contribution in [2.75, 3.05) is 5.73 Å². The van der Waals surface area contributed by atoms with Gasteiger partial charge < -0.3 is 20.5 Å². The number of hydrogen-bond donors (Lipinski definition) is 2. The number of nitrogen functional groups attached to an aromatic ring is 1. The van der Waals surface area contributed by atoms with Gasteiger partial charge >= 0.3 is 12.1 Å². The molecule has 0 bridgehead atoms. The van der Waals surface area contributed by atoms with Crippen LogP contribution in [0.5, 0.6) is 5.75 Å². The average Bonchev–Trinajstić information content (AvgIpc) is 2.29. The van der Waals surface area contributed by atoms with Crippen LogP contribution in [-0.4, -0.2) is 23.7 Å². The number of nitrogens with one attached hydrogen (secondary N) is 1. The third kappa shape index (κ3) is 5.60. The van der Waals surface area contributed by atoms with E-state index >= 15 is 0 Å². The highest BCUT2D eigenvalue weighted by atomic mass is 16.6. The molecule has 0 saturated carbocycles. The van der Waals surface area contributed by atoms with Crippen molar-refractivity contribution < 1.29 is 19.1 Å². The van der Waals surface area contributed by atoms with E-state index < -0.39 is 23.7 Å². The Morgan fingerprint density at radius 1 is 1.20 bits per heavy atom. The second kappa shape index (κ2) is 6.27. The molecule has 0 spiro atoms. The third-order valence-electron chi connectivity index (χ3n) is 2.19. The maximum atomic E-state index is 11.8. The summed E-state index contributed by atoms with van der Waals surface area (Å²) in [5.41, 5.74) is 5.48. The van der Waals surface area contributed by atoms with E-state index in [2.05, 4.69) is 5.32 Å². The number of alkyl carbamates (subject to hydrolysis) is 1. The first-order valence-corrected chi connectivity index (χ1v) is 6.24. The Balaban J connectivity index is 2.51. The molecule has 0 aliphatic carbocycles. The molecule has 0 aromatic heterocycles. The molecule has 20 heavy (non-hydrogen) atoms.